The largest absolute Gasteiger partial charge is 0.493 e. The first-order valence-corrected chi connectivity index (χ1v) is 12.7. The van der Waals surface area contributed by atoms with E-state index in [1.165, 1.54) is 38.5 Å². The van der Waals surface area contributed by atoms with Crippen molar-refractivity contribution in [3.63, 3.8) is 0 Å². The fourth-order valence-electron chi connectivity index (χ4n) is 3.42. The number of carbonyl (C=O) groups is 1. The second kappa shape index (κ2) is 12.8. The second-order valence-electron chi connectivity index (χ2n) is 7.72. The van der Waals surface area contributed by atoms with Crippen molar-refractivity contribution in [3.05, 3.63) is 66.2 Å². The zero-order chi connectivity index (χ0) is 26.8. The predicted molar refractivity (Wildman–Crippen MR) is 139 cm³/mol. The summed E-state index contributed by atoms with van der Waals surface area (Å²) in [6.45, 7) is -0.0591. The van der Waals surface area contributed by atoms with Gasteiger partial charge in [-0.15, -0.1) is 0 Å². The minimum Gasteiger partial charge on any atom is -0.493 e. The van der Waals surface area contributed by atoms with Crippen LogP contribution in [0.3, 0.4) is 0 Å². The van der Waals surface area contributed by atoms with Crippen LogP contribution in [0, 0.1) is 0 Å². The fourth-order valence-corrected chi connectivity index (χ4v) is 4.46. The summed E-state index contributed by atoms with van der Waals surface area (Å²) in [5, 5.41) is 2.70. The summed E-state index contributed by atoms with van der Waals surface area (Å²) in [6, 6.07) is 16.2. The van der Waals surface area contributed by atoms with Crippen molar-refractivity contribution in [2.24, 2.45) is 0 Å². The average Bonchev–Trinajstić information content (AvgIpc) is 2.91. The highest BCUT2D eigenvalue weighted by atomic mass is 32.2. The minimum absolute atomic E-state index is 0.0851. The molecule has 0 heterocycles. The van der Waals surface area contributed by atoms with Crippen LogP contribution in [-0.2, 0) is 21.2 Å². The van der Waals surface area contributed by atoms with Crippen molar-refractivity contribution in [3.8, 4) is 28.7 Å². The molecule has 1 amide bonds. The van der Waals surface area contributed by atoms with Crippen molar-refractivity contribution in [2.75, 3.05) is 46.9 Å². The van der Waals surface area contributed by atoms with Crippen molar-refractivity contribution in [1.29, 1.82) is 0 Å². The molecule has 0 aliphatic heterocycles. The summed E-state index contributed by atoms with van der Waals surface area (Å²) in [5.74, 6) is 2.17. The average molecular weight is 531 g/mol. The number of hydrogen-bond donors (Lipinski definition) is 2. The van der Waals surface area contributed by atoms with Crippen molar-refractivity contribution in [1.82, 2.24) is 4.72 Å². The molecule has 0 unspecified atom stereocenters. The highest BCUT2D eigenvalue weighted by Gasteiger charge is 2.14. The van der Waals surface area contributed by atoms with E-state index in [4.69, 9.17) is 23.7 Å². The second-order valence-corrected chi connectivity index (χ2v) is 9.48. The normalized spacial score (nSPS) is 10.9. The quantitative estimate of drug-likeness (QED) is 0.345. The van der Waals surface area contributed by atoms with Crippen LogP contribution in [-0.4, -0.2) is 55.9 Å². The molecule has 0 radical (unpaired) electrons. The maximum atomic E-state index is 12.6. The number of ether oxygens (including phenoxy) is 5. The van der Waals surface area contributed by atoms with Crippen LogP contribution < -0.4 is 33.7 Å². The number of rotatable bonds is 13. The molecular formula is C26H30N2O8S. The molecule has 198 valence electrons. The molecule has 0 aromatic heterocycles. The van der Waals surface area contributed by atoms with Gasteiger partial charge in [0.1, 0.15) is 5.75 Å². The predicted octanol–water partition coefficient (Wildman–Crippen LogP) is 3.26. The molecular weight excluding hydrogens is 500 g/mol. The highest BCUT2D eigenvalue weighted by Crippen LogP contribution is 2.30. The summed E-state index contributed by atoms with van der Waals surface area (Å²) < 4.78 is 54.2. The molecule has 0 saturated heterocycles. The first-order valence-electron chi connectivity index (χ1n) is 11.2. The standard InChI is InChI=1S/C26H30N2O8S/c1-32-22-11-5-18(15-24(22)34-3)13-14-27-37(30,31)21-9-7-20(8-10-21)36-17-26(29)28-19-6-12-23(33-2)25(16-19)35-4/h5-12,15-16,27H,13-14,17H2,1-4H3,(H,28,29). The number of sulfonamides is 1. The van der Waals surface area contributed by atoms with Gasteiger partial charge < -0.3 is 29.0 Å². The maximum Gasteiger partial charge on any atom is 0.262 e. The zero-order valence-electron chi connectivity index (χ0n) is 21.1. The van der Waals surface area contributed by atoms with Gasteiger partial charge in [0.05, 0.1) is 33.3 Å². The van der Waals surface area contributed by atoms with Gasteiger partial charge in [0.25, 0.3) is 5.91 Å². The molecule has 11 heteroatoms. The number of benzene rings is 3. The minimum atomic E-state index is -3.72. The first-order chi connectivity index (χ1) is 17.8. The van der Waals surface area contributed by atoms with Gasteiger partial charge in [-0.1, -0.05) is 6.07 Å². The summed E-state index contributed by atoms with van der Waals surface area (Å²) in [5.41, 5.74) is 1.42. The van der Waals surface area contributed by atoms with Crippen molar-refractivity contribution in [2.45, 2.75) is 11.3 Å². The monoisotopic (exact) mass is 530 g/mol. The number of carbonyl (C=O) groups excluding carboxylic acids is 1. The number of nitrogens with one attached hydrogen (secondary N) is 2. The lowest BCUT2D eigenvalue weighted by Gasteiger charge is -2.12. The Morgan fingerprint density at radius 3 is 1.97 bits per heavy atom. The van der Waals surface area contributed by atoms with Crippen LogP contribution in [0.5, 0.6) is 28.7 Å². The molecule has 37 heavy (non-hydrogen) atoms. The zero-order valence-corrected chi connectivity index (χ0v) is 21.9. The Kier molecular flexibility index (Phi) is 9.58. The van der Waals surface area contributed by atoms with E-state index in [1.807, 2.05) is 6.07 Å². The lowest BCUT2D eigenvalue weighted by atomic mass is 10.1. The van der Waals surface area contributed by atoms with Crippen LogP contribution in [0.1, 0.15) is 5.56 Å². The van der Waals surface area contributed by atoms with E-state index in [0.717, 1.165) is 5.56 Å². The van der Waals surface area contributed by atoms with E-state index < -0.39 is 10.0 Å². The van der Waals surface area contributed by atoms with Crippen LogP contribution in [0.15, 0.2) is 65.6 Å². The summed E-state index contributed by atoms with van der Waals surface area (Å²) >= 11 is 0. The van der Waals surface area contributed by atoms with Gasteiger partial charge in [-0.3, -0.25) is 4.79 Å². The van der Waals surface area contributed by atoms with Crippen LogP contribution in [0.4, 0.5) is 5.69 Å². The molecule has 0 saturated carbocycles. The highest BCUT2D eigenvalue weighted by molar-refractivity contribution is 7.89. The molecule has 10 nitrogen and oxygen atoms in total. The SMILES string of the molecule is COc1ccc(CCNS(=O)(=O)c2ccc(OCC(=O)Nc3ccc(OC)c(OC)c3)cc2)cc1OC. The van der Waals surface area contributed by atoms with Gasteiger partial charge in [0.15, 0.2) is 29.6 Å². The van der Waals surface area contributed by atoms with Crippen LogP contribution >= 0.6 is 0 Å². The van der Waals surface area contributed by atoms with Gasteiger partial charge in [0, 0.05) is 18.3 Å². The third-order valence-corrected chi connectivity index (χ3v) is 6.80. The summed E-state index contributed by atoms with van der Waals surface area (Å²) in [7, 11) is 2.40. The number of anilines is 1. The van der Waals surface area contributed by atoms with Crippen LogP contribution in [0.2, 0.25) is 0 Å². The topological polar surface area (TPSA) is 121 Å². The maximum absolute atomic E-state index is 12.6. The van der Waals surface area contributed by atoms with Crippen molar-refractivity contribution < 1.29 is 36.9 Å². The van der Waals surface area contributed by atoms with Gasteiger partial charge in [-0.05, 0) is 60.5 Å². The van der Waals surface area contributed by atoms with Crippen molar-refractivity contribution >= 4 is 21.6 Å². The van der Waals surface area contributed by atoms with E-state index >= 15 is 0 Å². The summed E-state index contributed by atoms with van der Waals surface area (Å²) in [6.07, 6.45) is 0.468. The van der Waals surface area contributed by atoms with E-state index in [2.05, 4.69) is 10.0 Å². The van der Waals surface area contributed by atoms with E-state index in [9.17, 15) is 13.2 Å². The lowest BCUT2D eigenvalue weighted by molar-refractivity contribution is -0.118. The Balaban J connectivity index is 1.50. The third kappa shape index (κ3) is 7.51. The Labute approximate surface area is 216 Å². The lowest BCUT2D eigenvalue weighted by Crippen LogP contribution is -2.26. The molecule has 0 fully saturated rings. The van der Waals surface area contributed by atoms with E-state index in [0.29, 0.717) is 40.9 Å². The first kappa shape index (κ1) is 27.6. The van der Waals surface area contributed by atoms with Crippen LogP contribution in [0.25, 0.3) is 0 Å². The molecule has 0 bridgehead atoms. The van der Waals surface area contributed by atoms with E-state index in [-0.39, 0.29) is 24.0 Å². The van der Waals surface area contributed by atoms with Gasteiger partial charge >= 0.3 is 0 Å². The Morgan fingerprint density at radius 2 is 1.35 bits per heavy atom. The number of methoxy groups -OCH3 is 4. The Morgan fingerprint density at radius 1 is 0.757 bits per heavy atom. The fraction of sp³-hybridized carbons (Fsp3) is 0.269. The molecule has 3 rings (SSSR count). The van der Waals surface area contributed by atoms with E-state index in [1.54, 1.807) is 44.6 Å². The molecule has 0 aliphatic carbocycles. The molecule has 0 atom stereocenters. The van der Waals surface area contributed by atoms with Gasteiger partial charge in [-0.2, -0.15) is 0 Å². The third-order valence-electron chi connectivity index (χ3n) is 5.32. The molecule has 2 N–H and O–H groups in total. The van der Waals surface area contributed by atoms with Gasteiger partial charge in [-0.25, -0.2) is 13.1 Å². The Hall–Kier alpha value is -3.96. The number of hydrogen-bond acceptors (Lipinski definition) is 8. The molecule has 0 aliphatic rings. The molecule has 3 aromatic rings. The molecule has 0 spiro atoms. The Bertz CT molecular complexity index is 1310. The molecule has 3 aromatic carbocycles. The van der Waals surface area contributed by atoms with Gasteiger partial charge in [0.2, 0.25) is 10.0 Å². The number of amides is 1. The summed E-state index contributed by atoms with van der Waals surface area (Å²) in [4.78, 5) is 12.3. The smallest absolute Gasteiger partial charge is 0.262 e.